The Balaban J connectivity index is 3.49. The third-order valence-electron chi connectivity index (χ3n) is 3.57. The normalized spacial score (nSPS) is 10.9. The van der Waals surface area contributed by atoms with E-state index in [1.807, 2.05) is 12.2 Å². The van der Waals surface area contributed by atoms with Crippen molar-refractivity contribution in [2.75, 3.05) is 13.2 Å². The largest absolute Gasteiger partial charge is 0.462 e. The van der Waals surface area contributed by atoms with Gasteiger partial charge in [-0.15, -0.1) is 0 Å². The molecule has 0 aliphatic carbocycles. The highest BCUT2D eigenvalue weighted by Crippen LogP contribution is 2.24. The van der Waals surface area contributed by atoms with Crippen molar-refractivity contribution in [2.24, 2.45) is 0 Å². The molecule has 0 atom stereocenters. The fourth-order valence-electron chi connectivity index (χ4n) is 2.49. The van der Waals surface area contributed by atoms with Crippen LogP contribution in [0.5, 0.6) is 0 Å². The number of esters is 2. The molecule has 0 aliphatic heterocycles. The van der Waals surface area contributed by atoms with Crippen LogP contribution in [-0.4, -0.2) is 30.1 Å². The number of pyridine rings is 1. The summed E-state index contributed by atoms with van der Waals surface area (Å²) in [5.74, 6) is -0.939. The van der Waals surface area contributed by atoms with Crippen molar-refractivity contribution in [3.8, 4) is 0 Å². The highest BCUT2D eigenvalue weighted by atomic mass is 16.5. The van der Waals surface area contributed by atoms with Crippen molar-refractivity contribution in [3.05, 3.63) is 34.2 Å². The van der Waals surface area contributed by atoms with Gasteiger partial charge in [-0.1, -0.05) is 31.9 Å². The van der Waals surface area contributed by atoms with Gasteiger partial charge in [0.1, 0.15) is 0 Å². The summed E-state index contributed by atoms with van der Waals surface area (Å²) in [5, 5.41) is 0. The quantitative estimate of drug-likeness (QED) is 0.525. The highest BCUT2D eigenvalue weighted by Gasteiger charge is 2.25. The Morgan fingerprint density at radius 2 is 1.46 bits per heavy atom. The number of unbranched alkanes of at least 4 members (excludes halogenated alkanes) is 2. The molecule has 0 unspecified atom stereocenters. The lowest BCUT2D eigenvalue weighted by Crippen LogP contribution is -2.17. The smallest absolute Gasteiger partial charge is 0.340 e. The molecule has 0 spiro atoms. The summed E-state index contributed by atoms with van der Waals surface area (Å²) in [4.78, 5) is 29.1. The lowest BCUT2D eigenvalue weighted by molar-refractivity contribution is 0.0522. The van der Waals surface area contributed by atoms with E-state index >= 15 is 0 Å². The van der Waals surface area contributed by atoms with Gasteiger partial charge in [0.2, 0.25) is 0 Å². The number of aromatic nitrogens is 1. The number of rotatable bonds is 8. The second kappa shape index (κ2) is 9.85. The van der Waals surface area contributed by atoms with Crippen molar-refractivity contribution in [1.29, 1.82) is 0 Å². The van der Waals surface area contributed by atoms with E-state index in [2.05, 4.69) is 11.9 Å². The van der Waals surface area contributed by atoms with E-state index < -0.39 is 11.9 Å². The summed E-state index contributed by atoms with van der Waals surface area (Å²) >= 11 is 0. The average molecular weight is 333 g/mol. The molecule has 24 heavy (non-hydrogen) atoms. The zero-order chi connectivity index (χ0) is 18.1. The molecule has 0 aliphatic rings. The SMILES string of the molecule is CCCC/C=C/c1c(C(=O)OCC)c(C)nc(C)c1C(=O)OCC. The first-order valence-electron chi connectivity index (χ1n) is 8.49. The third kappa shape index (κ3) is 4.91. The Morgan fingerprint density at radius 1 is 0.958 bits per heavy atom. The summed E-state index contributed by atoms with van der Waals surface area (Å²) < 4.78 is 10.3. The predicted molar refractivity (Wildman–Crippen MR) is 94.2 cm³/mol. The van der Waals surface area contributed by atoms with E-state index in [4.69, 9.17) is 9.47 Å². The monoisotopic (exact) mass is 333 g/mol. The van der Waals surface area contributed by atoms with Gasteiger partial charge in [-0.05, 0) is 34.1 Å². The van der Waals surface area contributed by atoms with Crippen LogP contribution >= 0.6 is 0 Å². The van der Waals surface area contributed by atoms with Crippen molar-refractivity contribution >= 4 is 18.0 Å². The number of ether oxygens (including phenoxy) is 2. The molecule has 0 amide bonds. The highest BCUT2D eigenvalue weighted by molar-refractivity contribution is 6.02. The second-order valence-corrected chi connectivity index (χ2v) is 5.43. The molecule has 1 heterocycles. The van der Waals surface area contributed by atoms with Gasteiger partial charge in [-0.25, -0.2) is 9.59 Å². The number of nitrogens with zero attached hydrogens (tertiary/aromatic N) is 1. The zero-order valence-electron chi connectivity index (χ0n) is 15.3. The molecule has 0 bridgehead atoms. The number of carbonyl (C=O) groups excluding carboxylic acids is 2. The van der Waals surface area contributed by atoms with Gasteiger partial charge >= 0.3 is 11.9 Å². The van der Waals surface area contributed by atoms with Gasteiger partial charge in [0.05, 0.1) is 35.7 Å². The van der Waals surface area contributed by atoms with E-state index in [-0.39, 0.29) is 13.2 Å². The molecule has 132 valence electrons. The van der Waals surface area contributed by atoms with E-state index in [0.29, 0.717) is 28.1 Å². The molecular formula is C19H27NO4. The summed E-state index contributed by atoms with van der Waals surface area (Å²) in [5.41, 5.74) is 2.30. The molecule has 0 saturated heterocycles. The average Bonchev–Trinajstić information content (AvgIpc) is 2.51. The van der Waals surface area contributed by atoms with Gasteiger partial charge in [-0.3, -0.25) is 4.98 Å². The summed E-state index contributed by atoms with van der Waals surface area (Å²) in [6.07, 6.45) is 6.79. The minimum atomic E-state index is -0.469. The van der Waals surface area contributed by atoms with Crippen LogP contribution in [-0.2, 0) is 9.47 Å². The maximum atomic E-state index is 12.4. The third-order valence-corrected chi connectivity index (χ3v) is 3.57. The van der Waals surface area contributed by atoms with Crippen molar-refractivity contribution < 1.29 is 19.1 Å². The van der Waals surface area contributed by atoms with E-state index in [0.717, 1.165) is 19.3 Å². The minimum Gasteiger partial charge on any atom is -0.462 e. The predicted octanol–water partition coefficient (Wildman–Crippen LogP) is 4.26. The molecule has 0 radical (unpaired) electrons. The zero-order valence-corrected chi connectivity index (χ0v) is 15.3. The Hall–Kier alpha value is -2.17. The van der Waals surface area contributed by atoms with Crippen molar-refractivity contribution in [3.63, 3.8) is 0 Å². The topological polar surface area (TPSA) is 65.5 Å². The fraction of sp³-hybridized carbons (Fsp3) is 0.526. The molecule has 1 aromatic rings. The van der Waals surface area contributed by atoms with Crippen LogP contribution in [0.3, 0.4) is 0 Å². The molecule has 0 fully saturated rings. The summed E-state index contributed by atoms with van der Waals surface area (Å²) in [6.45, 7) is 9.63. The lowest BCUT2D eigenvalue weighted by Gasteiger charge is -2.15. The van der Waals surface area contributed by atoms with Crippen LogP contribution in [0.4, 0.5) is 0 Å². The first-order valence-corrected chi connectivity index (χ1v) is 8.49. The Kier molecular flexibility index (Phi) is 8.16. The van der Waals surface area contributed by atoms with Gasteiger partial charge < -0.3 is 9.47 Å². The van der Waals surface area contributed by atoms with Crippen LogP contribution in [0.15, 0.2) is 6.08 Å². The molecule has 5 heteroatoms. The Morgan fingerprint density at radius 3 is 1.88 bits per heavy atom. The number of hydrogen-bond acceptors (Lipinski definition) is 5. The summed E-state index contributed by atoms with van der Waals surface area (Å²) in [7, 11) is 0. The van der Waals surface area contributed by atoms with Crippen LogP contribution in [0.1, 0.15) is 77.7 Å². The maximum absolute atomic E-state index is 12.4. The number of allylic oxidation sites excluding steroid dienone is 1. The van der Waals surface area contributed by atoms with Gasteiger partial charge in [0.25, 0.3) is 0 Å². The molecule has 0 saturated carbocycles. The molecular weight excluding hydrogens is 306 g/mol. The minimum absolute atomic E-state index is 0.264. The first kappa shape index (κ1) is 19.9. The standard InChI is InChI=1S/C19H27NO4/c1-6-9-10-11-12-15-16(18(21)23-7-2)13(4)20-14(5)17(15)19(22)24-8-3/h11-12H,6-10H2,1-5H3/b12-11+. The number of hydrogen-bond donors (Lipinski definition) is 0. The van der Waals surface area contributed by atoms with E-state index in [1.165, 1.54) is 0 Å². The summed E-state index contributed by atoms with van der Waals surface area (Å²) in [6, 6.07) is 0. The Labute approximate surface area is 144 Å². The van der Waals surface area contributed by atoms with Crippen LogP contribution < -0.4 is 0 Å². The maximum Gasteiger partial charge on any atom is 0.340 e. The van der Waals surface area contributed by atoms with Gasteiger partial charge in [0.15, 0.2) is 0 Å². The molecule has 0 N–H and O–H groups in total. The van der Waals surface area contributed by atoms with Crippen molar-refractivity contribution in [2.45, 2.75) is 53.9 Å². The van der Waals surface area contributed by atoms with Crippen LogP contribution in [0.2, 0.25) is 0 Å². The first-order chi connectivity index (χ1) is 11.5. The van der Waals surface area contributed by atoms with Gasteiger partial charge in [-0.2, -0.15) is 0 Å². The van der Waals surface area contributed by atoms with E-state index in [1.54, 1.807) is 27.7 Å². The van der Waals surface area contributed by atoms with E-state index in [9.17, 15) is 9.59 Å². The lowest BCUT2D eigenvalue weighted by atomic mass is 9.97. The molecule has 1 aromatic heterocycles. The number of aryl methyl sites for hydroxylation is 2. The Bertz CT molecular complexity index is 578. The van der Waals surface area contributed by atoms with Crippen molar-refractivity contribution in [1.82, 2.24) is 4.98 Å². The molecule has 1 rings (SSSR count). The second-order valence-electron chi connectivity index (χ2n) is 5.43. The van der Waals surface area contributed by atoms with Gasteiger partial charge in [0, 0.05) is 5.56 Å². The van der Waals surface area contributed by atoms with Crippen LogP contribution in [0, 0.1) is 13.8 Å². The molecule has 0 aromatic carbocycles. The number of carbonyl (C=O) groups is 2. The fourth-order valence-corrected chi connectivity index (χ4v) is 2.49. The molecule has 5 nitrogen and oxygen atoms in total. The van der Waals surface area contributed by atoms with Crippen LogP contribution in [0.25, 0.3) is 6.08 Å².